The van der Waals surface area contributed by atoms with E-state index < -0.39 is 10.0 Å². The second kappa shape index (κ2) is 8.79. The Bertz CT molecular complexity index is 1150. The average Bonchev–Trinajstić information content (AvgIpc) is 2.79. The fourth-order valence-electron chi connectivity index (χ4n) is 3.82. The SMILES string of the molecule is CSc1ccc(S(=O)(=O)N2CCC(C(=O)Nc3cccc4ccccc34)CC2)cc1. The van der Waals surface area contributed by atoms with Crippen molar-refractivity contribution < 1.29 is 13.2 Å². The lowest BCUT2D eigenvalue weighted by Crippen LogP contribution is -2.41. The van der Waals surface area contributed by atoms with Gasteiger partial charge in [-0.2, -0.15) is 4.31 Å². The summed E-state index contributed by atoms with van der Waals surface area (Å²) in [7, 11) is -3.53. The highest BCUT2D eigenvalue weighted by atomic mass is 32.2. The molecule has 7 heteroatoms. The molecule has 1 amide bonds. The van der Waals surface area contributed by atoms with Gasteiger partial charge in [0.15, 0.2) is 0 Å². The molecule has 1 aliphatic heterocycles. The number of carbonyl (C=O) groups excluding carboxylic acids is 1. The van der Waals surface area contributed by atoms with Crippen molar-refractivity contribution in [2.75, 3.05) is 24.7 Å². The van der Waals surface area contributed by atoms with Crippen LogP contribution in [0.25, 0.3) is 10.8 Å². The largest absolute Gasteiger partial charge is 0.325 e. The summed E-state index contributed by atoms with van der Waals surface area (Å²) >= 11 is 1.58. The Hall–Kier alpha value is -2.35. The number of rotatable bonds is 5. The summed E-state index contributed by atoms with van der Waals surface area (Å²) < 4.78 is 27.3. The molecule has 0 aromatic heterocycles. The van der Waals surface area contributed by atoms with Crippen LogP contribution in [0.15, 0.2) is 76.5 Å². The van der Waals surface area contributed by atoms with Crippen LogP contribution in [-0.2, 0) is 14.8 Å². The molecule has 30 heavy (non-hydrogen) atoms. The normalized spacial score (nSPS) is 15.9. The maximum Gasteiger partial charge on any atom is 0.243 e. The van der Waals surface area contributed by atoms with Gasteiger partial charge in [-0.1, -0.05) is 36.4 Å². The number of amides is 1. The topological polar surface area (TPSA) is 66.5 Å². The summed E-state index contributed by atoms with van der Waals surface area (Å²) in [4.78, 5) is 14.2. The number of piperidine rings is 1. The van der Waals surface area contributed by atoms with Crippen LogP contribution in [0.2, 0.25) is 0 Å². The highest BCUT2D eigenvalue weighted by Crippen LogP contribution is 2.28. The van der Waals surface area contributed by atoms with Crippen LogP contribution in [-0.4, -0.2) is 38.0 Å². The van der Waals surface area contributed by atoms with Crippen molar-refractivity contribution in [1.29, 1.82) is 0 Å². The third kappa shape index (κ3) is 4.24. The number of hydrogen-bond acceptors (Lipinski definition) is 4. The summed E-state index contributed by atoms with van der Waals surface area (Å²) in [6.07, 6.45) is 2.98. The van der Waals surface area contributed by atoms with Gasteiger partial charge in [-0.3, -0.25) is 4.79 Å². The number of nitrogens with zero attached hydrogens (tertiary/aromatic N) is 1. The first-order chi connectivity index (χ1) is 14.5. The van der Waals surface area contributed by atoms with Crippen molar-refractivity contribution >= 4 is 44.2 Å². The molecule has 4 rings (SSSR count). The minimum atomic E-state index is -3.53. The maximum absolute atomic E-state index is 12.9. The van der Waals surface area contributed by atoms with Gasteiger partial charge in [0.05, 0.1) is 4.90 Å². The second-order valence-corrected chi connectivity index (χ2v) is 10.2. The first kappa shape index (κ1) is 20.9. The number of nitrogens with one attached hydrogen (secondary N) is 1. The third-order valence-electron chi connectivity index (χ3n) is 5.57. The average molecular weight is 441 g/mol. The fourth-order valence-corrected chi connectivity index (χ4v) is 5.70. The number of fused-ring (bicyclic) bond motifs is 1. The van der Waals surface area contributed by atoms with E-state index in [0.29, 0.717) is 30.8 Å². The van der Waals surface area contributed by atoms with Crippen LogP contribution in [0.5, 0.6) is 0 Å². The first-order valence-corrected chi connectivity index (χ1v) is 12.6. The molecule has 0 aliphatic carbocycles. The number of benzene rings is 3. The molecule has 0 radical (unpaired) electrons. The van der Waals surface area contributed by atoms with Crippen LogP contribution in [0, 0.1) is 5.92 Å². The van der Waals surface area contributed by atoms with Crippen LogP contribution in [0.4, 0.5) is 5.69 Å². The maximum atomic E-state index is 12.9. The summed E-state index contributed by atoms with van der Waals surface area (Å²) in [5, 5.41) is 5.12. The van der Waals surface area contributed by atoms with Gasteiger partial charge in [0.1, 0.15) is 0 Å². The highest BCUT2D eigenvalue weighted by Gasteiger charge is 2.32. The van der Waals surface area contributed by atoms with Gasteiger partial charge in [0.25, 0.3) is 0 Å². The Kier molecular flexibility index (Phi) is 6.13. The molecule has 3 aromatic rings. The molecule has 0 atom stereocenters. The Balaban J connectivity index is 1.41. The van der Waals surface area contributed by atoms with E-state index in [2.05, 4.69) is 5.32 Å². The van der Waals surface area contributed by atoms with E-state index in [1.807, 2.05) is 60.9 Å². The van der Waals surface area contributed by atoms with E-state index in [0.717, 1.165) is 21.4 Å². The monoisotopic (exact) mass is 440 g/mol. The number of anilines is 1. The molecule has 1 fully saturated rings. The van der Waals surface area contributed by atoms with Gasteiger partial charge < -0.3 is 5.32 Å². The Morgan fingerprint density at radius 1 is 0.967 bits per heavy atom. The molecular formula is C23H24N2O3S2. The van der Waals surface area contributed by atoms with Crippen molar-refractivity contribution in [3.8, 4) is 0 Å². The predicted molar refractivity (Wildman–Crippen MR) is 122 cm³/mol. The van der Waals surface area contributed by atoms with Gasteiger partial charge in [0, 0.05) is 35.0 Å². The Labute approximate surface area is 181 Å². The van der Waals surface area contributed by atoms with Crippen molar-refractivity contribution in [3.05, 3.63) is 66.7 Å². The Morgan fingerprint density at radius 3 is 2.33 bits per heavy atom. The van der Waals surface area contributed by atoms with E-state index in [1.165, 1.54) is 4.31 Å². The molecule has 0 unspecified atom stereocenters. The molecule has 1 saturated heterocycles. The quantitative estimate of drug-likeness (QED) is 0.589. The lowest BCUT2D eigenvalue weighted by atomic mass is 9.97. The minimum Gasteiger partial charge on any atom is -0.325 e. The number of carbonyl (C=O) groups is 1. The Morgan fingerprint density at radius 2 is 1.63 bits per heavy atom. The van der Waals surface area contributed by atoms with E-state index >= 15 is 0 Å². The second-order valence-electron chi connectivity index (χ2n) is 7.37. The van der Waals surface area contributed by atoms with Gasteiger partial charge in [0.2, 0.25) is 15.9 Å². The fraction of sp³-hybridized carbons (Fsp3) is 0.261. The van der Waals surface area contributed by atoms with Gasteiger partial charge in [-0.05, 0) is 54.8 Å². The van der Waals surface area contributed by atoms with E-state index in [-0.39, 0.29) is 11.8 Å². The molecule has 1 heterocycles. The predicted octanol–water partition coefficient (Wildman–Crippen LogP) is 4.60. The smallest absolute Gasteiger partial charge is 0.243 e. The molecule has 1 N–H and O–H groups in total. The summed E-state index contributed by atoms with van der Waals surface area (Å²) in [6, 6.07) is 20.7. The van der Waals surface area contributed by atoms with Gasteiger partial charge in [-0.15, -0.1) is 11.8 Å². The first-order valence-electron chi connectivity index (χ1n) is 9.92. The zero-order valence-electron chi connectivity index (χ0n) is 16.7. The zero-order chi connectivity index (χ0) is 21.1. The van der Waals surface area contributed by atoms with Crippen LogP contribution < -0.4 is 5.32 Å². The molecule has 156 valence electrons. The summed E-state index contributed by atoms with van der Waals surface area (Å²) in [5.41, 5.74) is 0.794. The van der Waals surface area contributed by atoms with Crippen LogP contribution >= 0.6 is 11.8 Å². The molecule has 0 saturated carbocycles. The van der Waals surface area contributed by atoms with Gasteiger partial charge >= 0.3 is 0 Å². The lowest BCUT2D eigenvalue weighted by Gasteiger charge is -2.30. The van der Waals surface area contributed by atoms with Crippen molar-refractivity contribution in [2.45, 2.75) is 22.6 Å². The van der Waals surface area contributed by atoms with E-state index in [9.17, 15) is 13.2 Å². The standard InChI is InChI=1S/C23H24N2O3S2/c1-29-19-9-11-20(12-10-19)30(27,28)25-15-13-18(14-16-25)23(26)24-22-8-4-6-17-5-2-3-7-21(17)22/h2-12,18H,13-16H2,1H3,(H,24,26). The molecular weight excluding hydrogens is 416 g/mol. The van der Waals surface area contributed by atoms with E-state index in [1.54, 1.807) is 23.9 Å². The summed E-state index contributed by atoms with van der Waals surface area (Å²) in [5.74, 6) is -0.248. The molecule has 5 nitrogen and oxygen atoms in total. The molecule has 1 aliphatic rings. The number of hydrogen-bond donors (Lipinski definition) is 1. The van der Waals surface area contributed by atoms with Gasteiger partial charge in [-0.25, -0.2) is 8.42 Å². The third-order valence-corrected chi connectivity index (χ3v) is 8.23. The van der Waals surface area contributed by atoms with Crippen LogP contribution in [0.3, 0.4) is 0 Å². The highest BCUT2D eigenvalue weighted by molar-refractivity contribution is 7.98. The van der Waals surface area contributed by atoms with Crippen molar-refractivity contribution in [1.82, 2.24) is 4.31 Å². The molecule has 0 bridgehead atoms. The van der Waals surface area contributed by atoms with Crippen LogP contribution in [0.1, 0.15) is 12.8 Å². The lowest BCUT2D eigenvalue weighted by molar-refractivity contribution is -0.120. The molecule has 0 spiro atoms. The number of sulfonamides is 1. The van der Waals surface area contributed by atoms with Crippen molar-refractivity contribution in [3.63, 3.8) is 0 Å². The summed E-state index contributed by atoms with van der Waals surface area (Å²) in [6.45, 7) is 0.695. The number of thioether (sulfide) groups is 1. The molecule has 3 aromatic carbocycles. The van der Waals surface area contributed by atoms with Crippen molar-refractivity contribution in [2.24, 2.45) is 5.92 Å². The zero-order valence-corrected chi connectivity index (χ0v) is 18.4. The van der Waals surface area contributed by atoms with E-state index in [4.69, 9.17) is 0 Å². The minimum absolute atomic E-state index is 0.0484.